The topological polar surface area (TPSA) is 127 Å². The SMILES string of the molecule is Cc1nc(C)c(OC(=O)OC(C)C)c(-c2cccc([N+](=O)[O-])c2)c1OC(=O)OC(C)C. The second-order valence-corrected chi connectivity index (χ2v) is 7.16. The van der Waals surface area contributed by atoms with Crippen LogP contribution in [0.5, 0.6) is 11.5 Å². The Balaban J connectivity index is 2.70. The van der Waals surface area contributed by atoms with Crippen LogP contribution in [0.15, 0.2) is 24.3 Å². The Morgan fingerprint density at radius 2 is 1.42 bits per heavy atom. The summed E-state index contributed by atoms with van der Waals surface area (Å²) in [6, 6.07) is 5.61. The van der Waals surface area contributed by atoms with Crippen molar-refractivity contribution in [2.45, 2.75) is 53.8 Å². The van der Waals surface area contributed by atoms with Crippen LogP contribution in [-0.2, 0) is 9.47 Å². The van der Waals surface area contributed by atoms with Gasteiger partial charge in [-0.15, -0.1) is 0 Å². The summed E-state index contributed by atoms with van der Waals surface area (Å²) in [4.78, 5) is 39.4. The molecule has 0 spiro atoms. The number of hydrogen-bond acceptors (Lipinski definition) is 9. The van der Waals surface area contributed by atoms with E-state index in [1.165, 1.54) is 18.2 Å². The minimum Gasteiger partial charge on any atom is -0.431 e. The molecule has 1 aromatic carbocycles. The standard InChI is InChI=1S/C21H24N2O8/c1-11(2)28-20(24)30-18-13(5)22-14(6)19(31-21(25)29-12(3)4)17(18)15-8-7-9-16(10-15)23(26)27/h7-12H,1-6H3. The molecule has 0 amide bonds. The normalized spacial score (nSPS) is 10.7. The van der Waals surface area contributed by atoms with E-state index in [4.69, 9.17) is 18.9 Å². The lowest BCUT2D eigenvalue weighted by Crippen LogP contribution is -2.19. The summed E-state index contributed by atoms with van der Waals surface area (Å²) < 4.78 is 20.8. The minimum atomic E-state index is -0.994. The van der Waals surface area contributed by atoms with Gasteiger partial charge in [-0.25, -0.2) is 9.59 Å². The van der Waals surface area contributed by atoms with Gasteiger partial charge in [-0.1, -0.05) is 12.1 Å². The fourth-order valence-corrected chi connectivity index (χ4v) is 2.70. The maximum absolute atomic E-state index is 12.2. The van der Waals surface area contributed by atoms with Gasteiger partial charge in [0.05, 0.1) is 34.1 Å². The van der Waals surface area contributed by atoms with E-state index in [1.807, 2.05) is 0 Å². The number of non-ortho nitro benzene ring substituents is 1. The Bertz CT molecular complexity index is 953. The molecule has 10 heteroatoms. The van der Waals surface area contributed by atoms with Crippen molar-refractivity contribution >= 4 is 18.0 Å². The number of carbonyl (C=O) groups is 2. The maximum atomic E-state index is 12.2. The number of benzene rings is 1. The zero-order chi connectivity index (χ0) is 23.3. The quantitative estimate of drug-likeness (QED) is 0.347. The van der Waals surface area contributed by atoms with Gasteiger partial charge in [0.2, 0.25) is 0 Å². The van der Waals surface area contributed by atoms with Gasteiger partial charge in [0.1, 0.15) is 0 Å². The van der Waals surface area contributed by atoms with Crippen LogP contribution in [0.2, 0.25) is 0 Å². The molecule has 2 rings (SSSR count). The molecule has 0 bridgehead atoms. The predicted molar refractivity (Wildman–Crippen MR) is 110 cm³/mol. The first-order valence-corrected chi connectivity index (χ1v) is 9.52. The Labute approximate surface area is 179 Å². The third-order valence-electron chi connectivity index (χ3n) is 3.83. The molecule has 1 heterocycles. The molecule has 0 atom stereocenters. The number of carbonyl (C=O) groups excluding carboxylic acids is 2. The highest BCUT2D eigenvalue weighted by Gasteiger charge is 2.26. The number of aryl methyl sites for hydroxylation is 2. The third kappa shape index (κ3) is 6.14. The minimum absolute atomic E-state index is 0.0518. The summed E-state index contributed by atoms with van der Waals surface area (Å²) in [5.41, 5.74) is 0.808. The molecule has 0 N–H and O–H groups in total. The lowest BCUT2D eigenvalue weighted by atomic mass is 10.0. The van der Waals surface area contributed by atoms with Crippen LogP contribution in [0, 0.1) is 24.0 Å². The van der Waals surface area contributed by atoms with Gasteiger partial charge in [-0.05, 0) is 47.1 Å². The summed E-state index contributed by atoms with van der Waals surface area (Å²) in [5.74, 6) is -0.104. The fourth-order valence-electron chi connectivity index (χ4n) is 2.70. The molecule has 31 heavy (non-hydrogen) atoms. The van der Waals surface area contributed by atoms with Crippen molar-refractivity contribution in [3.05, 3.63) is 45.8 Å². The molecule has 0 saturated heterocycles. The van der Waals surface area contributed by atoms with Crippen LogP contribution >= 0.6 is 0 Å². The number of aromatic nitrogens is 1. The summed E-state index contributed by atoms with van der Waals surface area (Å²) in [7, 11) is 0. The summed E-state index contributed by atoms with van der Waals surface area (Å²) >= 11 is 0. The number of nitro benzene ring substituents is 1. The summed E-state index contributed by atoms with van der Waals surface area (Å²) in [6.07, 6.45) is -2.87. The van der Waals surface area contributed by atoms with E-state index in [0.717, 1.165) is 0 Å². The molecule has 2 aromatic rings. The van der Waals surface area contributed by atoms with Gasteiger partial charge in [0, 0.05) is 12.1 Å². The molecule has 10 nitrogen and oxygen atoms in total. The monoisotopic (exact) mass is 432 g/mol. The predicted octanol–water partition coefficient (Wildman–Crippen LogP) is 5.12. The van der Waals surface area contributed by atoms with E-state index >= 15 is 0 Å². The third-order valence-corrected chi connectivity index (χ3v) is 3.83. The molecule has 0 aliphatic rings. The average Bonchev–Trinajstić information content (AvgIpc) is 2.64. The van der Waals surface area contributed by atoms with Gasteiger partial charge < -0.3 is 18.9 Å². The number of nitrogens with zero attached hydrogens (tertiary/aromatic N) is 2. The Morgan fingerprint density at radius 1 is 0.935 bits per heavy atom. The van der Waals surface area contributed by atoms with E-state index in [2.05, 4.69) is 4.98 Å². The van der Waals surface area contributed by atoms with Gasteiger partial charge in [0.25, 0.3) is 5.69 Å². The van der Waals surface area contributed by atoms with Gasteiger partial charge in [-0.2, -0.15) is 0 Å². The number of ether oxygens (including phenoxy) is 4. The van der Waals surface area contributed by atoms with Crippen molar-refractivity contribution in [3.63, 3.8) is 0 Å². The second kappa shape index (κ2) is 9.88. The maximum Gasteiger partial charge on any atom is 0.514 e. The fraction of sp³-hybridized carbons (Fsp3) is 0.381. The molecule has 0 aliphatic heterocycles. The second-order valence-electron chi connectivity index (χ2n) is 7.16. The highest BCUT2D eigenvalue weighted by atomic mass is 16.7. The lowest BCUT2D eigenvalue weighted by Gasteiger charge is -2.19. The first-order valence-electron chi connectivity index (χ1n) is 9.52. The van der Waals surface area contributed by atoms with Crippen LogP contribution in [0.3, 0.4) is 0 Å². The number of rotatable bonds is 6. The highest BCUT2D eigenvalue weighted by Crippen LogP contribution is 2.43. The van der Waals surface area contributed by atoms with Crippen LogP contribution < -0.4 is 9.47 Å². The van der Waals surface area contributed by atoms with E-state index in [9.17, 15) is 19.7 Å². The first kappa shape index (κ1) is 23.6. The molecule has 0 fully saturated rings. The van der Waals surface area contributed by atoms with E-state index in [0.29, 0.717) is 11.4 Å². The van der Waals surface area contributed by atoms with Crippen LogP contribution in [0.25, 0.3) is 11.1 Å². The molecular formula is C21H24N2O8. The van der Waals surface area contributed by atoms with Crippen LogP contribution in [-0.4, -0.2) is 34.4 Å². The molecule has 1 aromatic heterocycles. The average molecular weight is 432 g/mol. The van der Waals surface area contributed by atoms with Crippen molar-refractivity contribution in [2.75, 3.05) is 0 Å². The molecule has 166 valence electrons. The van der Waals surface area contributed by atoms with Crippen LogP contribution in [0.4, 0.5) is 15.3 Å². The highest BCUT2D eigenvalue weighted by molar-refractivity contribution is 5.84. The number of hydrogen-bond donors (Lipinski definition) is 0. The smallest absolute Gasteiger partial charge is 0.431 e. The largest absolute Gasteiger partial charge is 0.514 e. The lowest BCUT2D eigenvalue weighted by molar-refractivity contribution is -0.384. The van der Waals surface area contributed by atoms with E-state index in [-0.39, 0.29) is 28.3 Å². The van der Waals surface area contributed by atoms with Crippen molar-refractivity contribution < 1.29 is 33.5 Å². The Kier molecular flexibility index (Phi) is 7.51. The first-order chi connectivity index (χ1) is 14.5. The van der Waals surface area contributed by atoms with Crippen molar-refractivity contribution in [1.29, 1.82) is 0 Å². The molecule has 0 unspecified atom stereocenters. The van der Waals surface area contributed by atoms with Gasteiger partial charge in [-0.3, -0.25) is 15.1 Å². The molecule has 0 aliphatic carbocycles. The molecular weight excluding hydrogens is 408 g/mol. The van der Waals surface area contributed by atoms with E-state index < -0.39 is 29.4 Å². The number of nitro groups is 1. The van der Waals surface area contributed by atoms with Crippen molar-refractivity contribution in [1.82, 2.24) is 4.98 Å². The van der Waals surface area contributed by atoms with Gasteiger partial charge in [0.15, 0.2) is 11.5 Å². The zero-order valence-electron chi connectivity index (χ0n) is 18.1. The molecule has 0 saturated carbocycles. The van der Waals surface area contributed by atoms with Crippen molar-refractivity contribution in [3.8, 4) is 22.6 Å². The Morgan fingerprint density at radius 3 is 1.84 bits per heavy atom. The summed E-state index contributed by atoms with van der Waals surface area (Å²) in [5, 5.41) is 11.3. The van der Waals surface area contributed by atoms with Crippen molar-refractivity contribution in [2.24, 2.45) is 0 Å². The molecule has 0 radical (unpaired) electrons. The van der Waals surface area contributed by atoms with Gasteiger partial charge >= 0.3 is 12.3 Å². The van der Waals surface area contributed by atoms with E-state index in [1.54, 1.807) is 47.6 Å². The van der Waals surface area contributed by atoms with Crippen LogP contribution in [0.1, 0.15) is 39.1 Å². The zero-order valence-corrected chi connectivity index (χ0v) is 18.1. The summed E-state index contributed by atoms with van der Waals surface area (Å²) in [6.45, 7) is 9.78. The Hall–Kier alpha value is -3.69. The number of pyridine rings is 1.